The Morgan fingerprint density at radius 3 is 2.59 bits per heavy atom. The van der Waals surface area contributed by atoms with E-state index in [1.165, 1.54) is 43.8 Å². The molecule has 0 N–H and O–H groups in total. The fourth-order valence-corrected chi connectivity index (χ4v) is 4.13. The number of carbonyl (C=O) groups excluding carboxylic acids is 2. The number of likely N-dealkylation sites (tertiary alicyclic amines) is 1. The van der Waals surface area contributed by atoms with Crippen LogP contribution >= 0.6 is 11.3 Å². The minimum Gasteiger partial charge on any atom is -0.465 e. The zero-order chi connectivity index (χ0) is 21.1. The summed E-state index contributed by atoms with van der Waals surface area (Å²) >= 11 is 1.18. The van der Waals surface area contributed by atoms with E-state index in [-0.39, 0.29) is 16.8 Å². The van der Waals surface area contributed by atoms with Crippen LogP contribution in [0, 0.1) is 10.1 Å². The standard InChI is InChI=1S/C19H19N3O6S/c1-21-8-4-5-14(21)17(19(24)28-3)12(18(23)27-2)10-16-20-13-7-6-11(22(25)26)9-15(13)29-16/h6-7,9-10H,4-5,8H2,1-3H3/b12-10-,17-14+. The smallest absolute Gasteiger partial charge is 0.340 e. The summed E-state index contributed by atoms with van der Waals surface area (Å²) in [7, 11) is 4.33. The number of benzene rings is 1. The normalized spacial score (nSPS) is 16.1. The molecule has 1 saturated heterocycles. The second-order valence-corrected chi connectivity index (χ2v) is 7.41. The minimum absolute atomic E-state index is 0.0386. The van der Waals surface area contributed by atoms with Gasteiger partial charge in [0.25, 0.3) is 5.69 Å². The molecule has 9 nitrogen and oxygen atoms in total. The van der Waals surface area contributed by atoms with Crippen LogP contribution in [0.15, 0.2) is 35.0 Å². The van der Waals surface area contributed by atoms with Crippen LogP contribution in [-0.4, -0.2) is 54.6 Å². The highest BCUT2D eigenvalue weighted by Crippen LogP contribution is 2.32. The number of aromatic nitrogens is 1. The second kappa shape index (κ2) is 8.39. The number of thiazole rings is 1. The molecule has 29 heavy (non-hydrogen) atoms. The first kappa shape index (κ1) is 20.5. The number of hydrogen-bond donors (Lipinski definition) is 0. The van der Waals surface area contributed by atoms with Gasteiger partial charge in [-0.15, -0.1) is 11.3 Å². The van der Waals surface area contributed by atoms with Crippen molar-refractivity contribution in [3.63, 3.8) is 0 Å². The minimum atomic E-state index is -0.691. The van der Waals surface area contributed by atoms with Crippen molar-refractivity contribution in [2.75, 3.05) is 27.8 Å². The molecule has 1 aliphatic rings. The number of nitro groups is 1. The summed E-state index contributed by atoms with van der Waals surface area (Å²) in [5, 5.41) is 11.4. The Labute approximate surface area is 170 Å². The number of allylic oxidation sites excluding steroid dienone is 1. The molecular formula is C19H19N3O6S. The van der Waals surface area contributed by atoms with Crippen LogP contribution in [0.25, 0.3) is 16.3 Å². The van der Waals surface area contributed by atoms with Gasteiger partial charge in [-0.3, -0.25) is 10.1 Å². The summed E-state index contributed by atoms with van der Waals surface area (Å²) in [6, 6.07) is 4.34. The number of rotatable bonds is 5. The van der Waals surface area contributed by atoms with Crippen LogP contribution in [0.1, 0.15) is 17.8 Å². The molecule has 1 aliphatic heterocycles. The van der Waals surface area contributed by atoms with Gasteiger partial charge in [0, 0.05) is 31.4 Å². The molecule has 152 valence electrons. The SMILES string of the molecule is COC(=O)C(=C\c1nc2ccc([N+](=O)[O-])cc2s1)/C(C(=O)OC)=C1/CCCN1C. The molecular weight excluding hydrogens is 398 g/mol. The molecule has 0 aliphatic carbocycles. The molecule has 0 spiro atoms. The first-order chi connectivity index (χ1) is 13.8. The Hall–Kier alpha value is -3.27. The van der Waals surface area contributed by atoms with Crippen LogP contribution < -0.4 is 0 Å². The third-order valence-electron chi connectivity index (χ3n) is 4.59. The highest BCUT2D eigenvalue weighted by molar-refractivity contribution is 7.19. The van der Waals surface area contributed by atoms with E-state index in [2.05, 4.69) is 4.98 Å². The van der Waals surface area contributed by atoms with Gasteiger partial charge in [-0.25, -0.2) is 14.6 Å². The molecule has 2 aromatic rings. The Kier molecular flexibility index (Phi) is 5.92. The largest absolute Gasteiger partial charge is 0.465 e. The molecule has 1 fully saturated rings. The van der Waals surface area contributed by atoms with E-state index in [0.29, 0.717) is 27.3 Å². The summed E-state index contributed by atoms with van der Waals surface area (Å²) in [6.45, 7) is 0.759. The van der Waals surface area contributed by atoms with E-state index in [1.54, 1.807) is 6.07 Å². The third-order valence-corrected chi connectivity index (χ3v) is 5.55. The van der Waals surface area contributed by atoms with Gasteiger partial charge in [0.1, 0.15) is 5.01 Å². The van der Waals surface area contributed by atoms with E-state index < -0.39 is 16.9 Å². The Morgan fingerprint density at radius 2 is 2.00 bits per heavy atom. The van der Waals surface area contributed by atoms with Gasteiger partial charge in [0.2, 0.25) is 0 Å². The molecule has 10 heteroatoms. The molecule has 0 bridgehead atoms. The van der Waals surface area contributed by atoms with Gasteiger partial charge < -0.3 is 14.4 Å². The average Bonchev–Trinajstić information content (AvgIpc) is 3.31. The highest BCUT2D eigenvalue weighted by Gasteiger charge is 2.30. The van der Waals surface area contributed by atoms with Gasteiger partial charge in [0.05, 0.1) is 40.5 Å². The van der Waals surface area contributed by atoms with Crippen molar-refractivity contribution in [2.45, 2.75) is 12.8 Å². The summed E-state index contributed by atoms with van der Waals surface area (Å²) < 4.78 is 10.4. The van der Waals surface area contributed by atoms with Crippen molar-refractivity contribution in [2.24, 2.45) is 0 Å². The Bertz CT molecular complexity index is 1060. The summed E-state index contributed by atoms with van der Waals surface area (Å²) in [6.07, 6.45) is 2.95. The number of hydrogen-bond acceptors (Lipinski definition) is 9. The van der Waals surface area contributed by atoms with Crippen molar-refractivity contribution in [1.29, 1.82) is 0 Å². The van der Waals surface area contributed by atoms with Crippen LogP contribution in [0.4, 0.5) is 5.69 Å². The predicted octanol–water partition coefficient (Wildman–Crippen LogP) is 2.91. The summed E-state index contributed by atoms with van der Waals surface area (Å²) in [5.74, 6) is -1.33. The number of methoxy groups -OCH3 is 2. The molecule has 2 heterocycles. The highest BCUT2D eigenvalue weighted by atomic mass is 32.1. The first-order valence-corrected chi connectivity index (χ1v) is 9.55. The molecule has 0 unspecified atom stereocenters. The quantitative estimate of drug-likeness (QED) is 0.316. The van der Waals surface area contributed by atoms with Crippen molar-refractivity contribution >= 4 is 45.3 Å². The van der Waals surface area contributed by atoms with Crippen LogP contribution in [0.2, 0.25) is 0 Å². The summed E-state index contributed by atoms with van der Waals surface area (Å²) in [4.78, 5) is 41.9. The van der Waals surface area contributed by atoms with Crippen molar-refractivity contribution in [3.8, 4) is 0 Å². The van der Waals surface area contributed by atoms with Gasteiger partial charge in [-0.05, 0) is 25.0 Å². The molecule has 0 amide bonds. The van der Waals surface area contributed by atoms with Crippen molar-refractivity contribution < 1.29 is 24.0 Å². The lowest BCUT2D eigenvalue weighted by Gasteiger charge is -2.18. The first-order valence-electron chi connectivity index (χ1n) is 8.73. The fourth-order valence-electron chi connectivity index (χ4n) is 3.18. The van der Waals surface area contributed by atoms with Crippen LogP contribution in [-0.2, 0) is 19.1 Å². The number of nitro benzene ring substituents is 1. The molecule has 0 radical (unpaired) electrons. The topological polar surface area (TPSA) is 112 Å². The lowest BCUT2D eigenvalue weighted by molar-refractivity contribution is -0.384. The number of esters is 2. The number of nitrogens with zero attached hydrogens (tertiary/aromatic N) is 3. The van der Waals surface area contributed by atoms with Gasteiger partial charge in [-0.1, -0.05) is 0 Å². The average molecular weight is 417 g/mol. The van der Waals surface area contributed by atoms with E-state index in [4.69, 9.17) is 9.47 Å². The lowest BCUT2D eigenvalue weighted by atomic mass is 10.0. The van der Waals surface area contributed by atoms with Crippen LogP contribution in [0.5, 0.6) is 0 Å². The molecule has 1 aromatic heterocycles. The van der Waals surface area contributed by atoms with Crippen molar-refractivity contribution in [1.82, 2.24) is 9.88 Å². The molecule has 0 atom stereocenters. The van der Waals surface area contributed by atoms with E-state index >= 15 is 0 Å². The maximum atomic E-state index is 12.5. The zero-order valence-electron chi connectivity index (χ0n) is 16.1. The number of ether oxygens (including phenoxy) is 2. The van der Waals surface area contributed by atoms with Gasteiger partial charge in [-0.2, -0.15) is 0 Å². The Morgan fingerprint density at radius 1 is 1.28 bits per heavy atom. The summed E-state index contributed by atoms with van der Waals surface area (Å²) in [5.41, 5.74) is 1.39. The third kappa shape index (κ3) is 4.11. The lowest BCUT2D eigenvalue weighted by Crippen LogP contribution is -2.21. The number of carbonyl (C=O) groups is 2. The number of fused-ring (bicyclic) bond motifs is 1. The Balaban J connectivity index is 2.16. The molecule has 0 saturated carbocycles. The zero-order valence-corrected chi connectivity index (χ0v) is 16.9. The maximum absolute atomic E-state index is 12.5. The monoisotopic (exact) mass is 417 g/mol. The second-order valence-electron chi connectivity index (χ2n) is 6.35. The van der Waals surface area contributed by atoms with E-state index in [1.807, 2.05) is 11.9 Å². The molecule has 1 aromatic carbocycles. The van der Waals surface area contributed by atoms with Gasteiger partial charge >= 0.3 is 11.9 Å². The molecule has 3 rings (SSSR count). The van der Waals surface area contributed by atoms with E-state index in [9.17, 15) is 19.7 Å². The van der Waals surface area contributed by atoms with E-state index in [0.717, 1.165) is 13.0 Å². The maximum Gasteiger partial charge on any atom is 0.340 e. The predicted molar refractivity (Wildman–Crippen MR) is 107 cm³/mol. The van der Waals surface area contributed by atoms with Crippen molar-refractivity contribution in [3.05, 3.63) is 50.2 Å². The number of non-ortho nitro benzene ring substituents is 1. The van der Waals surface area contributed by atoms with Crippen LogP contribution in [0.3, 0.4) is 0 Å². The fraction of sp³-hybridized carbons (Fsp3) is 0.316. The van der Waals surface area contributed by atoms with Gasteiger partial charge in [0.15, 0.2) is 0 Å².